The van der Waals surface area contributed by atoms with E-state index in [4.69, 9.17) is 4.74 Å². The number of hydrazine groups is 1. The zero-order valence-corrected chi connectivity index (χ0v) is 21.0. The lowest BCUT2D eigenvalue weighted by Gasteiger charge is -2.54. The Labute approximate surface area is 215 Å². The van der Waals surface area contributed by atoms with Gasteiger partial charge in [0.1, 0.15) is 23.8 Å². The Morgan fingerprint density at radius 2 is 1.78 bits per heavy atom. The topological polar surface area (TPSA) is 106 Å². The SMILES string of the molecule is COCCCN1C[C@H]2N(C(=O)CN(C)N2C(=O)NCc2ccc(F)cc2)[C@@H](Cc2ccc(O)cc2)C1=O. The fourth-order valence-corrected chi connectivity index (χ4v) is 4.82. The van der Waals surface area contributed by atoms with E-state index < -0.39 is 18.2 Å². The number of phenols is 1. The van der Waals surface area contributed by atoms with E-state index in [1.165, 1.54) is 34.2 Å². The maximum absolute atomic E-state index is 13.6. The van der Waals surface area contributed by atoms with Crippen molar-refractivity contribution in [3.63, 3.8) is 0 Å². The van der Waals surface area contributed by atoms with Crippen molar-refractivity contribution in [3.05, 3.63) is 65.5 Å². The van der Waals surface area contributed by atoms with Gasteiger partial charge in [0.05, 0.1) is 13.1 Å². The number of nitrogens with zero attached hydrogens (tertiary/aromatic N) is 4. The van der Waals surface area contributed by atoms with Gasteiger partial charge >= 0.3 is 6.03 Å². The van der Waals surface area contributed by atoms with Gasteiger partial charge in [-0.2, -0.15) is 0 Å². The van der Waals surface area contributed by atoms with Crippen molar-refractivity contribution >= 4 is 17.8 Å². The highest BCUT2D eigenvalue weighted by atomic mass is 19.1. The molecule has 0 saturated carbocycles. The molecule has 0 unspecified atom stereocenters. The molecule has 0 radical (unpaired) electrons. The summed E-state index contributed by atoms with van der Waals surface area (Å²) in [6.07, 6.45) is 0.153. The molecule has 2 saturated heterocycles. The Morgan fingerprint density at radius 3 is 2.46 bits per heavy atom. The summed E-state index contributed by atoms with van der Waals surface area (Å²) in [6, 6.07) is 11.1. The Hall–Kier alpha value is -3.70. The fourth-order valence-electron chi connectivity index (χ4n) is 4.82. The number of amides is 4. The summed E-state index contributed by atoms with van der Waals surface area (Å²) in [7, 11) is 3.25. The minimum Gasteiger partial charge on any atom is -0.508 e. The van der Waals surface area contributed by atoms with Crippen LogP contribution >= 0.6 is 0 Å². The van der Waals surface area contributed by atoms with Gasteiger partial charge in [0, 0.05) is 40.3 Å². The molecular weight excluding hydrogens is 481 g/mol. The molecule has 0 aliphatic carbocycles. The van der Waals surface area contributed by atoms with Crippen LogP contribution in [0.2, 0.25) is 0 Å². The van der Waals surface area contributed by atoms with Gasteiger partial charge in [0.2, 0.25) is 11.8 Å². The Bertz CT molecular complexity index is 1110. The number of rotatable bonds is 8. The van der Waals surface area contributed by atoms with Crippen LogP contribution in [0.15, 0.2) is 48.5 Å². The van der Waals surface area contributed by atoms with Crippen molar-refractivity contribution in [3.8, 4) is 5.75 Å². The van der Waals surface area contributed by atoms with E-state index in [-0.39, 0.29) is 49.4 Å². The number of benzene rings is 2. The fraction of sp³-hybridized carbons (Fsp3) is 0.423. The number of halogens is 1. The highest BCUT2D eigenvalue weighted by molar-refractivity contribution is 5.91. The second-order valence-corrected chi connectivity index (χ2v) is 9.24. The Morgan fingerprint density at radius 1 is 1.11 bits per heavy atom. The number of urea groups is 1. The molecule has 198 valence electrons. The molecule has 2 aromatic carbocycles. The zero-order chi connectivity index (χ0) is 26.5. The third kappa shape index (κ3) is 6.00. The van der Waals surface area contributed by atoms with Crippen molar-refractivity contribution in [1.29, 1.82) is 0 Å². The average molecular weight is 514 g/mol. The van der Waals surface area contributed by atoms with E-state index in [0.717, 1.165) is 11.1 Å². The standard InChI is InChI=1S/C26H32FN5O5/c1-29-17-24(34)31-22(14-18-6-10-21(33)11-7-18)25(35)30(12-3-13-37-2)16-23(31)32(29)26(36)28-15-19-4-8-20(27)9-5-19/h4-11,22-23,33H,3,12-17H2,1-2H3,(H,28,36)/t22-,23-/m0/s1. The number of aromatic hydroxyl groups is 1. The molecule has 2 aromatic rings. The van der Waals surface area contributed by atoms with Crippen molar-refractivity contribution in [2.24, 2.45) is 0 Å². The van der Waals surface area contributed by atoms with E-state index in [9.17, 15) is 23.9 Å². The lowest BCUT2D eigenvalue weighted by Crippen LogP contribution is -2.76. The van der Waals surface area contributed by atoms with Gasteiger partial charge < -0.3 is 25.0 Å². The number of methoxy groups -OCH3 is 1. The first kappa shape index (κ1) is 26.4. The van der Waals surface area contributed by atoms with Crippen LogP contribution in [0.1, 0.15) is 17.5 Å². The van der Waals surface area contributed by atoms with Gasteiger partial charge in [-0.1, -0.05) is 24.3 Å². The summed E-state index contributed by atoms with van der Waals surface area (Å²) in [5.74, 6) is -0.689. The largest absolute Gasteiger partial charge is 0.508 e. The smallest absolute Gasteiger partial charge is 0.334 e. The zero-order valence-electron chi connectivity index (χ0n) is 21.0. The number of carbonyl (C=O) groups excluding carboxylic acids is 3. The van der Waals surface area contributed by atoms with Gasteiger partial charge in [0.15, 0.2) is 0 Å². The molecular formula is C26H32FN5O5. The molecule has 0 bridgehead atoms. The lowest BCUT2D eigenvalue weighted by molar-refractivity contribution is -0.187. The molecule has 4 amide bonds. The Balaban J connectivity index is 1.59. The second kappa shape index (κ2) is 11.6. The maximum atomic E-state index is 13.6. The summed E-state index contributed by atoms with van der Waals surface area (Å²) in [5.41, 5.74) is 1.51. The van der Waals surface area contributed by atoms with Gasteiger partial charge in [-0.05, 0) is 41.8 Å². The number of nitrogens with one attached hydrogen (secondary N) is 1. The van der Waals surface area contributed by atoms with Crippen LogP contribution in [-0.4, -0.2) is 95.4 Å². The quantitative estimate of drug-likeness (QED) is 0.519. The Kier molecular flexibility index (Phi) is 8.24. The number of phenolic OH excluding ortho intramolecular Hbond substituents is 1. The van der Waals surface area contributed by atoms with E-state index >= 15 is 0 Å². The minimum absolute atomic E-state index is 0.0660. The first-order valence-corrected chi connectivity index (χ1v) is 12.2. The number of hydrogen-bond donors (Lipinski definition) is 2. The molecule has 0 spiro atoms. The van der Waals surface area contributed by atoms with E-state index in [2.05, 4.69) is 5.32 Å². The monoisotopic (exact) mass is 513 g/mol. The maximum Gasteiger partial charge on any atom is 0.334 e. The first-order chi connectivity index (χ1) is 17.8. The van der Waals surface area contributed by atoms with Gasteiger partial charge in [-0.25, -0.2) is 19.2 Å². The highest BCUT2D eigenvalue weighted by Gasteiger charge is 2.50. The summed E-state index contributed by atoms with van der Waals surface area (Å²) in [6.45, 7) is 1.17. The van der Waals surface area contributed by atoms with Crippen LogP contribution in [0.5, 0.6) is 5.75 Å². The van der Waals surface area contributed by atoms with Crippen LogP contribution in [0.3, 0.4) is 0 Å². The molecule has 2 fully saturated rings. The van der Waals surface area contributed by atoms with Crippen LogP contribution in [0.25, 0.3) is 0 Å². The van der Waals surface area contributed by atoms with Crippen LogP contribution in [0.4, 0.5) is 9.18 Å². The number of ether oxygens (including phenoxy) is 1. The number of carbonyl (C=O) groups is 3. The third-order valence-corrected chi connectivity index (χ3v) is 6.65. The summed E-state index contributed by atoms with van der Waals surface area (Å²) < 4.78 is 18.4. The molecule has 4 rings (SSSR count). The van der Waals surface area contributed by atoms with Crippen molar-refractivity contribution in [2.75, 3.05) is 40.4 Å². The van der Waals surface area contributed by atoms with Crippen LogP contribution in [0, 0.1) is 5.82 Å². The predicted octanol–water partition coefficient (Wildman–Crippen LogP) is 1.55. The number of fused-ring (bicyclic) bond motifs is 1. The molecule has 37 heavy (non-hydrogen) atoms. The minimum atomic E-state index is -0.806. The van der Waals surface area contributed by atoms with Gasteiger partial charge in [0.25, 0.3) is 0 Å². The molecule has 2 aliphatic heterocycles. The van der Waals surface area contributed by atoms with E-state index in [1.54, 1.807) is 48.3 Å². The third-order valence-electron chi connectivity index (χ3n) is 6.65. The van der Waals surface area contributed by atoms with Crippen molar-refractivity contribution < 1.29 is 28.6 Å². The summed E-state index contributed by atoms with van der Waals surface area (Å²) in [5, 5.41) is 15.5. The van der Waals surface area contributed by atoms with Gasteiger partial charge in [-0.15, -0.1) is 0 Å². The first-order valence-electron chi connectivity index (χ1n) is 12.2. The molecule has 0 aromatic heterocycles. The second-order valence-electron chi connectivity index (χ2n) is 9.24. The van der Waals surface area contributed by atoms with E-state index in [1.807, 2.05) is 0 Å². The number of hydrogen-bond acceptors (Lipinski definition) is 6. The number of likely N-dealkylation sites (N-methyl/N-ethyl adjacent to an activating group) is 1. The predicted molar refractivity (Wildman–Crippen MR) is 132 cm³/mol. The normalized spacial score (nSPS) is 20.2. The van der Waals surface area contributed by atoms with E-state index in [0.29, 0.717) is 19.6 Å². The van der Waals surface area contributed by atoms with Crippen LogP contribution in [-0.2, 0) is 27.3 Å². The summed E-state index contributed by atoms with van der Waals surface area (Å²) >= 11 is 0. The average Bonchev–Trinajstić information content (AvgIpc) is 2.87. The van der Waals surface area contributed by atoms with Crippen molar-refractivity contribution in [1.82, 2.24) is 25.1 Å². The van der Waals surface area contributed by atoms with Crippen LogP contribution < -0.4 is 5.32 Å². The molecule has 2 heterocycles. The molecule has 10 nitrogen and oxygen atoms in total. The highest BCUT2D eigenvalue weighted by Crippen LogP contribution is 2.28. The molecule has 2 N–H and O–H groups in total. The molecule has 2 aliphatic rings. The molecule has 2 atom stereocenters. The van der Waals surface area contributed by atoms with Crippen molar-refractivity contribution in [2.45, 2.75) is 31.6 Å². The number of piperazine rings is 1. The lowest BCUT2D eigenvalue weighted by atomic mass is 9.98. The summed E-state index contributed by atoms with van der Waals surface area (Å²) in [4.78, 5) is 43.4. The molecule has 11 heteroatoms. The van der Waals surface area contributed by atoms with Gasteiger partial charge in [-0.3, -0.25) is 9.59 Å².